The third-order valence-corrected chi connectivity index (χ3v) is 4.06. The third kappa shape index (κ3) is 3.97. The summed E-state index contributed by atoms with van der Waals surface area (Å²) in [5.74, 6) is 0.947. The van der Waals surface area contributed by atoms with E-state index in [2.05, 4.69) is 15.6 Å². The molecule has 120 valence electrons. The highest BCUT2D eigenvalue weighted by Gasteiger charge is 2.18. The van der Waals surface area contributed by atoms with Crippen LogP contribution in [0.4, 0.5) is 23.0 Å². The van der Waals surface area contributed by atoms with Crippen molar-refractivity contribution in [1.29, 1.82) is 0 Å². The number of para-hydroxylation sites is 1. The van der Waals surface area contributed by atoms with Crippen molar-refractivity contribution in [2.24, 2.45) is 0 Å². The van der Waals surface area contributed by atoms with Crippen LogP contribution in [0, 0.1) is 10.1 Å². The molecule has 1 aromatic carbocycles. The lowest BCUT2D eigenvalue weighted by Crippen LogP contribution is -2.22. The Bertz CT molecular complexity index is 670. The normalized spacial score (nSPS) is 15.1. The van der Waals surface area contributed by atoms with Gasteiger partial charge in [0.25, 0.3) is 0 Å². The van der Waals surface area contributed by atoms with Gasteiger partial charge in [0.1, 0.15) is 5.82 Å². The topological polar surface area (TPSA) is 80.1 Å². The summed E-state index contributed by atoms with van der Waals surface area (Å²) in [4.78, 5) is 15.2. The Morgan fingerprint density at radius 3 is 2.48 bits per heavy atom. The highest BCUT2D eigenvalue weighted by Crippen LogP contribution is 2.28. The van der Waals surface area contributed by atoms with Crippen LogP contribution in [0.5, 0.6) is 0 Å². The van der Waals surface area contributed by atoms with Crippen LogP contribution in [0.1, 0.15) is 32.1 Å². The van der Waals surface area contributed by atoms with E-state index in [1.165, 1.54) is 25.3 Å². The molecule has 23 heavy (non-hydrogen) atoms. The minimum Gasteiger partial charge on any atom is -0.367 e. The van der Waals surface area contributed by atoms with E-state index in [4.69, 9.17) is 0 Å². The molecule has 0 unspecified atom stereocenters. The number of hydrogen-bond donors (Lipinski definition) is 2. The predicted molar refractivity (Wildman–Crippen MR) is 91.1 cm³/mol. The first-order valence-electron chi connectivity index (χ1n) is 7.96. The maximum Gasteiger partial charge on any atom is 0.311 e. The van der Waals surface area contributed by atoms with Crippen LogP contribution in [0.3, 0.4) is 0 Å². The fraction of sp³-hybridized carbons (Fsp3) is 0.353. The number of nitrogens with zero attached hydrogens (tertiary/aromatic N) is 2. The van der Waals surface area contributed by atoms with E-state index in [1.54, 1.807) is 6.07 Å². The first-order chi connectivity index (χ1) is 11.2. The molecule has 0 saturated heterocycles. The average molecular weight is 312 g/mol. The zero-order valence-electron chi connectivity index (χ0n) is 12.9. The molecule has 1 aromatic heterocycles. The van der Waals surface area contributed by atoms with Crippen molar-refractivity contribution in [2.45, 2.75) is 38.1 Å². The number of nitrogens with one attached hydrogen (secondary N) is 2. The lowest BCUT2D eigenvalue weighted by molar-refractivity contribution is -0.384. The molecule has 0 radical (unpaired) electrons. The van der Waals surface area contributed by atoms with Crippen LogP contribution in [0.2, 0.25) is 0 Å². The highest BCUT2D eigenvalue weighted by atomic mass is 16.6. The second-order valence-corrected chi connectivity index (χ2v) is 5.79. The Labute approximate surface area is 135 Å². The van der Waals surface area contributed by atoms with Crippen LogP contribution in [0.25, 0.3) is 0 Å². The first kappa shape index (κ1) is 15.3. The van der Waals surface area contributed by atoms with E-state index in [-0.39, 0.29) is 11.5 Å². The van der Waals surface area contributed by atoms with Gasteiger partial charge >= 0.3 is 5.69 Å². The summed E-state index contributed by atoms with van der Waals surface area (Å²) < 4.78 is 0. The molecule has 1 aliphatic carbocycles. The molecule has 0 bridgehead atoms. The minimum absolute atomic E-state index is 0.0250. The zero-order valence-corrected chi connectivity index (χ0v) is 12.9. The summed E-state index contributed by atoms with van der Waals surface area (Å²) in [5.41, 5.74) is 0.751. The summed E-state index contributed by atoms with van der Waals surface area (Å²) in [6, 6.07) is 12.9. The van der Waals surface area contributed by atoms with Crippen LogP contribution < -0.4 is 10.6 Å². The standard InChI is InChI=1S/C17H20N4O2/c22-21(23)15-11-12-16(18-13-7-3-1-4-8-13)20-17(15)19-14-9-5-2-6-10-14/h2,5-6,9-13H,1,3-4,7-8H2,(H2,18,19,20). The van der Waals surface area contributed by atoms with Crippen LogP contribution in [-0.4, -0.2) is 15.9 Å². The van der Waals surface area contributed by atoms with Crippen molar-refractivity contribution in [1.82, 2.24) is 4.98 Å². The fourth-order valence-corrected chi connectivity index (χ4v) is 2.89. The molecule has 2 aromatic rings. The number of aromatic nitrogens is 1. The maximum atomic E-state index is 11.2. The largest absolute Gasteiger partial charge is 0.367 e. The minimum atomic E-state index is -0.414. The smallest absolute Gasteiger partial charge is 0.311 e. The molecule has 1 aliphatic rings. The van der Waals surface area contributed by atoms with Crippen molar-refractivity contribution in [3.63, 3.8) is 0 Å². The van der Waals surface area contributed by atoms with E-state index in [0.29, 0.717) is 11.9 Å². The highest BCUT2D eigenvalue weighted by molar-refractivity contribution is 5.67. The molecule has 1 saturated carbocycles. The van der Waals surface area contributed by atoms with Gasteiger partial charge in [-0.2, -0.15) is 0 Å². The maximum absolute atomic E-state index is 11.2. The predicted octanol–water partition coefficient (Wildman–Crippen LogP) is 4.48. The van der Waals surface area contributed by atoms with Gasteiger partial charge in [-0.15, -0.1) is 0 Å². The number of benzene rings is 1. The van der Waals surface area contributed by atoms with Gasteiger partial charge in [0.05, 0.1) is 4.92 Å². The molecular formula is C17H20N4O2. The van der Waals surface area contributed by atoms with E-state index < -0.39 is 4.92 Å². The summed E-state index contributed by atoms with van der Waals surface area (Å²) in [5, 5.41) is 17.7. The van der Waals surface area contributed by atoms with Gasteiger partial charge in [0, 0.05) is 17.8 Å². The summed E-state index contributed by atoms with van der Waals surface area (Å²) in [7, 11) is 0. The molecule has 6 nitrogen and oxygen atoms in total. The lowest BCUT2D eigenvalue weighted by atomic mass is 9.95. The van der Waals surface area contributed by atoms with E-state index in [9.17, 15) is 10.1 Å². The molecule has 3 rings (SSSR count). The van der Waals surface area contributed by atoms with Crippen LogP contribution in [-0.2, 0) is 0 Å². The van der Waals surface area contributed by atoms with Crippen LogP contribution in [0.15, 0.2) is 42.5 Å². The molecule has 1 heterocycles. The molecule has 0 aliphatic heterocycles. The monoisotopic (exact) mass is 312 g/mol. The Morgan fingerprint density at radius 2 is 1.78 bits per heavy atom. The number of hydrogen-bond acceptors (Lipinski definition) is 5. The van der Waals surface area contributed by atoms with Crippen molar-refractivity contribution < 1.29 is 4.92 Å². The van der Waals surface area contributed by atoms with E-state index >= 15 is 0 Å². The SMILES string of the molecule is O=[N+]([O-])c1ccc(NC2CCCCC2)nc1Nc1ccccc1. The average Bonchev–Trinajstić information content (AvgIpc) is 2.57. The quantitative estimate of drug-likeness (QED) is 0.628. The summed E-state index contributed by atoms with van der Waals surface area (Å²) in [6.07, 6.45) is 5.98. The number of nitro groups is 1. The number of anilines is 3. The van der Waals surface area contributed by atoms with Crippen molar-refractivity contribution in [2.75, 3.05) is 10.6 Å². The molecule has 2 N–H and O–H groups in total. The van der Waals surface area contributed by atoms with E-state index in [1.807, 2.05) is 30.3 Å². The molecule has 0 spiro atoms. The van der Waals surface area contributed by atoms with Gasteiger partial charge in [0.15, 0.2) is 0 Å². The molecular weight excluding hydrogens is 292 g/mol. The Morgan fingerprint density at radius 1 is 1.04 bits per heavy atom. The van der Waals surface area contributed by atoms with Gasteiger partial charge in [-0.05, 0) is 31.0 Å². The second-order valence-electron chi connectivity index (χ2n) is 5.79. The molecule has 0 amide bonds. The first-order valence-corrected chi connectivity index (χ1v) is 7.96. The Balaban J connectivity index is 1.82. The van der Waals surface area contributed by atoms with Crippen molar-refractivity contribution in [3.8, 4) is 0 Å². The Kier molecular flexibility index (Phi) is 4.71. The van der Waals surface area contributed by atoms with Gasteiger partial charge in [-0.25, -0.2) is 4.98 Å². The number of pyridine rings is 1. The fourth-order valence-electron chi connectivity index (χ4n) is 2.89. The van der Waals surface area contributed by atoms with Crippen LogP contribution >= 0.6 is 0 Å². The third-order valence-electron chi connectivity index (χ3n) is 4.06. The van der Waals surface area contributed by atoms with E-state index in [0.717, 1.165) is 18.5 Å². The van der Waals surface area contributed by atoms with Gasteiger partial charge in [-0.3, -0.25) is 10.1 Å². The summed E-state index contributed by atoms with van der Waals surface area (Å²) >= 11 is 0. The lowest BCUT2D eigenvalue weighted by Gasteiger charge is -2.23. The van der Waals surface area contributed by atoms with Gasteiger partial charge in [-0.1, -0.05) is 37.5 Å². The molecule has 0 atom stereocenters. The molecule has 6 heteroatoms. The second kappa shape index (κ2) is 7.09. The Hall–Kier alpha value is -2.63. The summed E-state index contributed by atoms with van der Waals surface area (Å²) in [6.45, 7) is 0. The molecule has 1 fully saturated rings. The van der Waals surface area contributed by atoms with Crippen molar-refractivity contribution >= 4 is 23.0 Å². The van der Waals surface area contributed by atoms with Gasteiger partial charge < -0.3 is 10.6 Å². The number of rotatable bonds is 5. The van der Waals surface area contributed by atoms with Crippen molar-refractivity contribution in [3.05, 3.63) is 52.6 Å². The van der Waals surface area contributed by atoms with Gasteiger partial charge in [0.2, 0.25) is 5.82 Å². The zero-order chi connectivity index (χ0) is 16.1.